The van der Waals surface area contributed by atoms with E-state index < -0.39 is 216 Å². The van der Waals surface area contributed by atoms with Crippen LogP contribution < -0.4 is 4.74 Å². The summed E-state index contributed by atoms with van der Waals surface area (Å²) >= 11 is 0. The maximum absolute atomic E-state index is 9.75. The highest BCUT2D eigenvalue weighted by Gasteiger charge is 2.22. The minimum atomic E-state index is -0.953. The van der Waals surface area contributed by atoms with E-state index in [-0.39, 0.29) is 5.39 Å². The normalized spacial score (nSPS) is 20.2. The molecule has 0 saturated heterocycles. The molecule has 0 aliphatic carbocycles. The second kappa shape index (κ2) is 8.08. The Morgan fingerprint density at radius 1 is 0.475 bits per heavy atom. The molecule has 0 saturated carbocycles. The lowest BCUT2D eigenvalue weighted by molar-refractivity contribution is 0.487. The number of fused-ring (bicyclic) bond motifs is 7. The van der Waals surface area contributed by atoms with E-state index in [1.54, 1.807) is 0 Å². The molecule has 0 atom stereocenters. The molecule has 8 aromatic rings. The van der Waals surface area contributed by atoms with Gasteiger partial charge in [-0.2, -0.15) is 0 Å². The van der Waals surface area contributed by atoms with E-state index in [9.17, 15) is 8.22 Å². The molecule has 0 unspecified atom stereocenters. The van der Waals surface area contributed by atoms with E-state index in [2.05, 4.69) is 0 Å². The van der Waals surface area contributed by atoms with Gasteiger partial charge in [0.15, 0.2) is 0 Å². The molecular formula is C38H23NO. The van der Waals surface area contributed by atoms with E-state index in [0.29, 0.717) is 0 Å². The summed E-state index contributed by atoms with van der Waals surface area (Å²) in [5, 5.41) is -2.83. The smallest absolute Gasteiger partial charge is 0.135 e. The predicted molar refractivity (Wildman–Crippen MR) is 167 cm³/mol. The van der Waals surface area contributed by atoms with Crippen molar-refractivity contribution in [2.45, 2.75) is 0 Å². The Balaban J connectivity index is 1.63. The predicted octanol–water partition coefficient (Wildman–Crippen LogP) is 10.5. The van der Waals surface area contributed by atoms with Gasteiger partial charge in [0.25, 0.3) is 0 Å². The molecule has 1 aliphatic rings. The van der Waals surface area contributed by atoms with Gasteiger partial charge in [0, 0.05) is 38.4 Å². The van der Waals surface area contributed by atoms with Gasteiger partial charge >= 0.3 is 0 Å². The Morgan fingerprint density at radius 3 is 2.12 bits per heavy atom. The van der Waals surface area contributed by atoms with Gasteiger partial charge in [0.2, 0.25) is 0 Å². The Bertz CT molecular complexity index is 3540. The van der Waals surface area contributed by atoms with Crippen molar-refractivity contribution in [2.24, 2.45) is 0 Å². The number of benzene rings is 7. The molecule has 0 fully saturated rings. The van der Waals surface area contributed by atoms with Crippen LogP contribution in [0.15, 0.2) is 139 Å². The topological polar surface area (TPSA) is 14.2 Å². The Labute approximate surface area is 263 Å². The van der Waals surface area contributed by atoms with Crippen molar-refractivity contribution >= 4 is 43.4 Å². The highest BCUT2D eigenvalue weighted by molar-refractivity contribution is 6.21. The zero-order valence-electron chi connectivity index (χ0n) is 42.9. The fourth-order valence-electron chi connectivity index (χ4n) is 5.05. The van der Waals surface area contributed by atoms with Crippen LogP contribution in [0.3, 0.4) is 0 Å². The zero-order chi connectivity index (χ0) is 46.2. The van der Waals surface area contributed by atoms with Crippen LogP contribution in [0, 0.1) is 0 Å². The minimum absolute atomic E-state index is 0.314. The molecule has 2 nitrogen and oxygen atoms in total. The molecule has 2 heteroatoms. The summed E-state index contributed by atoms with van der Waals surface area (Å²) in [5.74, 6) is -1.14. The molecule has 1 aromatic heterocycles. The lowest BCUT2D eigenvalue weighted by Gasteiger charge is -2.22. The van der Waals surface area contributed by atoms with Crippen molar-refractivity contribution in [3.05, 3.63) is 139 Å². The van der Waals surface area contributed by atoms with Gasteiger partial charge in [0.1, 0.15) is 11.5 Å². The summed E-state index contributed by atoms with van der Waals surface area (Å²) in [6, 6.07) is -19.2. The lowest BCUT2D eigenvalue weighted by atomic mass is 9.92. The van der Waals surface area contributed by atoms with Crippen LogP contribution in [0.2, 0.25) is 0 Å². The monoisotopic (exact) mass is 532 g/mol. The number of nitrogens with zero attached hydrogens (tertiary/aromatic N) is 1. The fourth-order valence-corrected chi connectivity index (χ4v) is 5.05. The number of aromatic nitrogens is 1. The second-order valence-electron chi connectivity index (χ2n) is 8.77. The van der Waals surface area contributed by atoms with E-state index in [1.165, 1.54) is 0 Å². The van der Waals surface area contributed by atoms with Crippen LogP contribution in [0.5, 0.6) is 11.5 Å². The molecule has 0 radical (unpaired) electrons. The van der Waals surface area contributed by atoms with Crippen LogP contribution in [-0.4, -0.2) is 4.57 Å². The Hall–Kier alpha value is -5.34. The van der Waals surface area contributed by atoms with Crippen molar-refractivity contribution in [1.82, 2.24) is 4.57 Å². The van der Waals surface area contributed by atoms with E-state index in [4.69, 9.17) is 28.0 Å². The average molecular weight is 533 g/mol. The summed E-state index contributed by atoms with van der Waals surface area (Å²) in [6.07, 6.45) is 0. The third-order valence-electron chi connectivity index (χ3n) is 6.68. The van der Waals surface area contributed by atoms with E-state index >= 15 is 0 Å². The van der Waals surface area contributed by atoms with Crippen LogP contribution in [0.4, 0.5) is 0 Å². The maximum atomic E-state index is 9.75. The van der Waals surface area contributed by atoms with Crippen molar-refractivity contribution in [1.29, 1.82) is 0 Å². The first-order valence-corrected chi connectivity index (χ1v) is 11.8. The van der Waals surface area contributed by atoms with Crippen molar-refractivity contribution in [2.75, 3.05) is 0 Å². The highest BCUT2D eigenvalue weighted by atomic mass is 16.5. The summed E-state index contributed by atoms with van der Waals surface area (Å²) < 4.78 is 211. The minimum Gasteiger partial charge on any atom is -0.456 e. The maximum Gasteiger partial charge on any atom is 0.135 e. The van der Waals surface area contributed by atoms with Crippen LogP contribution in [-0.2, 0) is 0 Å². The molecule has 0 spiro atoms. The number of hydrogen-bond donors (Lipinski definition) is 0. The molecule has 2 heterocycles. The number of para-hydroxylation sites is 2. The summed E-state index contributed by atoms with van der Waals surface area (Å²) in [6.45, 7) is 0. The standard InChI is InChI=1S/C38H23NO/c1-2-12-27(13-3-1)39-37-28-14-5-4-9-24(28)19-21-32(37)31-17-8-15-29(38(31)39)26-20-22-34-33(23-26)30-16-6-10-25-11-7-18-35(40-34)36(25)30/h1-23H/i1D,2D,3D,4D,5D,6D,7D,8D,9D,10D,11D,12D,13D,14D,15D,16D,17D,18D,19D,20D,21D,22D,23D. The first kappa shape index (κ1) is 9.11. The first-order chi connectivity index (χ1) is 29.4. The summed E-state index contributed by atoms with van der Waals surface area (Å²) in [5.41, 5.74) is -4.29. The summed E-state index contributed by atoms with van der Waals surface area (Å²) in [4.78, 5) is 0. The summed E-state index contributed by atoms with van der Waals surface area (Å²) in [7, 11) is 0. The number of ether oxygens (including phenoxy) is 1. The van der Waals surface area contributed by atoms with Crippen molar-refractivity contribution < 1.29 is 36.3 Å². The molecule has 1 aliphatic heterocycles. The molecule has 40 heavy (non-hydrogen) atoms. The van der Waals surface area contributed by atoms with Gasteiger partial charge in [-0.05, 0) is 52.1 Å². The Morgan fingerprint density at radius 2 is 1.20 bits per heavy atom. The molecule has 7 aromatic carbocycles. The van der Waals surface area contributed by atoms with Gasteiger partial charge in [-0.25, -0.2) is 0 Å². The fraction of sp³-hybridized carbons (Fsp3) is 0. The SMILES string of the molecule is [2H]c1c([2H])c([2H])c(-n2c3c(-c4c([2H])c([2H])c5c(c4[2H])-c4c([2H])c([2H])c([2H])c6c([2H])c([2H])c([2H])c(c46)O5)c([2H])c([2H])c([2H])c3c3c([2H])c([2H])c4c([2H])c([2H])c([2H])c([2H])c4c32)c([2H])c1[2H]. The quantitative estimate of drug-likeness (QED) is 0.216. The van der Waals surface area contributed by atoms with Gasteiger partial charge in [-0.1, -0.05) is 109 Å². The molecule has 0 N–H and O–H groups in total. The van der Waals surface area contributed by atoms with Crippen LogP contribution >= 0.6 is 0 Å². The molecule has 186 valence electrons. The second-order valence-corrected chi connectivity index (χ2v) is 8.77. The van der Waals surface area contributed by atoms with Gasteiger partial charge in [-0.15, -0.1) is 0 Å². The lowest BCUT2D eigenvalue weighted by Crippen LogP contribution is -1.98. The molecule has 0 amide bonds. The number of hydrogen-bond acceptors (Lipinski definition) is 1. The van der Waals surface area contributed by atoms with Crippen molar-refractivity contribution in [3.8, 4) is 39.4 Å². The van der Waals surface area contributed by atoms with Gasteiger partial charge in [0.05, 0.1) is 42.6 Å². The van der Waals surface area contributed by atoms with E-state index in [1.807, 2.05) is 0 Å². The molecular weight excluding hydrogens is 486 g/mol. The Kier molecular flexibility index (Phi) is 1.84. The zero-order valence-corrected chi connectivity index (χ0v) is 19.9. The largest absolute Gasteiger partial charge is 0.456 e. The average Bonchev–Trinajstić information content (AvgIpc) is 3.59. The molecule has 9 rings (SSSR count). The van der Waals surface area contributed by atoms with Crippen LogP contribution in [0.1, 0.15) is 31.5 Å². The van der Waals surface area contributed by atoms with Gasteiger partial charge < -0.3 is 9.30 Å². The third kappa shape index (κ3) is 2.93. The third-order valence-corrected chi connectivity index (χ3v) is 6.68. The van der Waals surface area contributed by atoms with Crippen LogP contribution in [0.25, 0.3) is 71.3 Å². The number of rotatable bonds is 2. The van der Waals surface area contributed by atoms with Crippen molar-refractivity contribution in [3.63, 3.8) is 0 Å². The highest BCUT2D eigenvalue weighted by Crippen LogP contribution is 2.48. The first-order valence-electron chi connectivity index (χ1n) is 23.3. The van der Waals surface area contributed by atoms with E-state index in [0.717, 1.165) is 4.57 Å². The van der Waals surface area contributed by atoms with Gasteiger partial charge in [-0.3, -0.25) is 0 Å². The molecule has 0 bridgehead atoms.